The molecule has 2 atom stereocenters. The Bertz CT molecular complexity index is 675. The first-order valence-electron chi connectivity index (χ1n) is 7.11. The van der Waals surface area contributed by atoms with Crippen LogP contribution in [0.15, 0.2) is 34.7 Å². The van der Waals surface area contributed by atoms with Gasteiger partial charge in [-0.15, -0.1) is 0 Å². The number of rotatable bonds is 5. The van der Waals surface area contributed by atoms with Gasteiger partial charge in [-0.2, -0.15) is 0 Å². The fourth-order valence-corrected chi connectivity index (χ4v) is 2.92. The molecule has 1 aliphatic carbocycles. The van der Waals surface area contributed by atoms with E-state index in [4.69, 9.17) is 27.6 Å². The molecule has 0 spiro atoms. The molecule has 1 aliphatic rings. The summed E-state index contributed by atoms with van der Waals surface area (Å²) < 4.78 is 5.81. The molecule has 2 nitrogen and oxygen atoms in total. The van der Waals surface area contributed by atoms with Gasteiger partial charge in [0.25, 0.3) is 0 Å². The SMILES string of the molecule is CC1CC1c1ccc(CCC(=O)c2cc(Cl)ccc2Cl)o1. The smallest absolute Gasteiger partial charge is 0.164 e. The van der Waals surface area contributed by atoms with Gasteiger partial charge in [0.1, 0.15) is 11.5 Å². The van der Waals surface area contributed by atoms with Gasteiger partial charge in [0.15, 0.2) is 5.78 Å². The molecule has 2 aromatic rings. The van der Waals surface area contributed by atoms with E-state index in [0.717, 1.165) is 17.4 Å². The van der Waals surface area contributed by atoms with Crippen LogP contribution in [0.1, 0.15) is 47.6 Å². The Morgan fingerprint density at radius 2 is 2.05 bits per heavy atom. The number of hydrogen-bond donors (Lipinski definition) is 0. The van der Waals surface area contributed by atoms with Gasteiger partial charge in [-0.25, -0.2) is 0 Å². The fraction of sp³-hybridized carbons (Fsp3) is 0.353. The number of hydrogen-bond acceptors (Lipinski definition) is 2. The summed E-state index contributed by atoms with van der Waals surface area (Å²) in [6.45, 7) is 2.22. The Hall–Kier alpha value is -1.25. The first kappa shape index (κ1) is 14.7. The third-order valence-corrected chi connectivity index (χ3v) is 4.55. The van der Waals surface area contributed by atoms with E-state index >= 15 is 0 Å². The molecule has 2 unspecified atom stereocenters. The molecule has 0 aliphatic heterocycles. The molecule has 1 aromatic heterocycles. The first-order valence-corrected chi connectivity index (χ1v) is 7.87. The predicted molar refractivity (Wildman–Crippen MR) is 84.3 cm³/mol. The average molecular weight is 323 g/mol. The van der Waals surface area contributed by atoms with Crippen molar-refractivity contribution in [1.82, 2.24) is 0 Å². The Labute approximate surface area is 134 Å². The summed E-state index contributed by atoms with van der Waals surface area (Å²) in [5.74, 6) is 3.18. The van der Waals surface area contributed by atoms with Crippen molar-refractivity contribution in [2.45, 2.75) is 32.1 Å². The maximum absolute atomic E-state index is 12.2. The van der Waals surface area contributed by atoms with Crippen LogP contribution in [-0.4, -0.2) is 5.78 Å². The summed E-state index contributed by atoms with van der Waals surface area (Å²) in [6.07, 6.45) is 2.15. The normalized spacial score (nSPS) is 20.5. The summed E-state index contributed by atoms with van der Waals surface area (Å²) in [5, 5.41) is 0.960. The fourth-order valence-electron chi connectivity index (χ4n) is 2.53. The van der Waals surface area contributed by atoms with E-state index in [0.29, 0.717) is 34.4 Å². The number of furan rings is 1. The topological polar surface area (TPSA) is 30.2 Å². The minimum Gasteiger partial charge on any atom is -0.466 e. The van der Waals surface area contributed by atoms with E-state index in [2.05, 4.69) is 6.92 Å². The van der Waals surface area contributed by atoms with Gasteiger partial charge in [-0.05, 0) is 42.7 Å². The van der Waals surface area contributed by atoms with Gasteiger partial charge in [0.05, 0.1) is 5.02 Å². The third kappa shape index (κ3) is 3.33. The van der Waals surface area contributed by atoms with E-state index in [1.807, 2.05) is 12.1 Å². The highest BCUT2D eigenvalue weighted by atomic mass is 35.5. The minimum absolute atomic E-state index is 0.0137. The van der Waals surface area contributed by atoms with Gasteiger partial charge < -0.3 is 4.42 Å². The standard InChI is InChI=1S/C17H16Cl2O2/c1-10-8-13(10)17-7-4-12(21-17)3-6-16(20)14-9-11(18)2-5-15(14)19/h2,4-5,7,9-10,13H,3,6,8H2,1H3. The molecule has 1 heterocycles. The number of aryl methyl sites for hydroxylation is 1. The summed E-state index contributed by atoms with van der Waals surface area (Å²) in [7, 11) is 0. The maximum Gasteiger partial charge on any atom is 0.164 e. The molecule has 3 rings (SSSR count). The first-order chi connectivity index (χ1) is 10.0. The number of halogens is 2. The van der Waals surface area contributed by atoms with Gasteiger partial charge in [0, 0.05) is 29.3 Å². The summed E-state index contributed by atoms with van der Waals surface area (Å²) >= 11 is 11.9. The number of carbonyl (C=O) groups excluding carboxylic acids is 1. The second-order valence-electron chi connectivity index (χ2n) is 5.67. The van der Waals surface area contributed by atoms with Crippen LogP contribution in [0, 0.1) is 5.92 Å². The molecular weight excluding hydrogens is 307 g/mol. The van der Waals surface area contributed by atoms with Crippen molar-refractivity contribution in [3.05, 3.63) is 57.5 Å². The van der Waals surface area contributed by atoms with Crippen LogP contribution in [0.4, 0.5) is 0 Å². The van der Waals surface area contributed by atoms with Crippen molar-refractivity contribution in [2.75, 3.05) is 0 Å². The van der Waals surface area contributed by atoms with E-state index in [9.17, 15) is 4.79 Å². The number of carbonyl (C=O) groups is 1. The van der Waals surface area contributed by atoms with E-state index in [1.165, 1.54) is 6.42 Å². The quantitative estimate of drug-likeness (QED) is 0.678. The molecule has 110 valence electrons. The zero-order valence-corrected chi connectivity index (χ0v) is 13.2. The molecule has 0 radical (unpaired) electrons. The molecule has 0 bridgehead atoms. The Morgan fingerprint density at radius 3 is 2.76 bits per heavy atom. The monoisotopic (exact) mass is 322 g/mol. The highest BCUT2D eigenvalue weighted by Gasteiger charge is 2.36. The lowest BCUT2D eigenvalue weighted by molar-refractivity contribution is 0.0981. The lowest BCUT2D eigenvalue weighted by Crippen LogP contribution is -2.01. The Kier molecular flexibility index (Phi) is 4.10. The van der Waals surface area contributed by atoms with Crippen molar-refractivity contribution in [1.29, 1.82) is 0 Å². The average Bonchev–Trinajstić information content (AvgIpc) is 3.01. The van der Waals surface area contributed by atoms with E-state index < -0.39 is 0 Å². The summed E-state index contributed by atoms with van der Waals surface area (Å²) in [5.41, 5.74) is 0.478. The predicted octanol–water partition coefficient (Wildman–Crippen LogP) is 5.53. The summed E-state index contributed by atoms with van der Waals surface area (Å²) in [4.78, 5) is 12.2. The number of benzene rings is 1. The van der Waals surface area contributed by atoms with Crippen LogP contribution in [0.2, 0.25) is 10.0 Å². The lowest BCUT2D eigenvalue weighted by atomic mass is 10.1. The number of ketones is 1. The molecular formula is C17H16Cl2O2. The third-order valence-electron chi connectivity index (χ3n) is 3.98. The Morgan fingerprint density at radius 1 is 1.29 bits per heavy atom. The van der Waals surface area contributed by atoms with Gasteiger partial charge >= 0.3 is 0 Å². The van der Waals surface area contributed by atoms with E-state index in [1.54, 1.807) is 18.2 Å². The van der Waals surface area contributed by atoms with Crippen LogP contribution < -0.4 is 0 Å². The van der Waals surface area contributed by atoms with Crippen molar-refractivity contribution < 1.29 is 9.21 Å². The highest BCUT2D eigenvalue weighted by molar-refractivity contribution is 6.35. The van der Waals surface area contributed by atoms with Crippen LogP contribution in [0.5, 0.6) is 0 Å². The van der Waals surface area contributed by atoms with Crippen molar-refractivity contribution in [3.8, 4) is 0 Å². The molecule has 0 amide bonds. The van der Waals surface area contributed by atoms with Gasteiger partial charge in [0.2, 0.25) is 0 Å². The van der Waals surface area contributed by atoms with Gasteiger partial charge in [-0.3, -0.25) is 4.79 Å². The van der Waals surface area contributed by atoms with Crippen LogP contribution >= 0.6 is 23.2 Å². The van der Waals surface area contributed by atoms with E-state index in [-0.39, 0.29) is 5.78 Å². The molecule has 1 saturated carbocycles. The zero-order valence-electron chi connectivity index (χ0n) is 11.7. The minimum atomic E-state index is -0.0137. The highest BCUT2D eigenvalue weighted by Crippen LogP contribution is 2.47. The molecule has 0 saturated heterocycles. The molecule has 1 fully saturated rings. The molecule has 1 aromatic carbocycles. The second kappa shape index (κ2) is 5.86. The van der Waals surface area contributed by atoms with Crippen LogP contribution in [-0.2, 0) is 6.42 Å². The molecule has 0 N–H and O–H groups in total. The zero-order chi connectivity index (χ0) is 15.0. The van der Waals surface area contributed by atoms with Crippen LogP contribution in [0.25, 0.3) is 0 Å². The molecule has 21 heavy (non-hydrogen) atoms. The lowest BCUT2D eigenvalue weighted by Gasteiger charge is -2.03. The van der Waals surface area contributed by atoms with Crippen LogP contribution in [0.3, 0.4) is 0 Å². The maximum atomic E-state index is 12.2. The van der Waals surface area contributed by atoms with Gasteiger partial charge in [-0.1, -0.05) is 30.1 Å². The van der Waals surface area contributed by atoms with Crippen molar-refractivity contribution in [2.24, 2.45) is 5.92 Å². The number of Topliss-reactive ketones (excluding diaryl/α,β-unsaturated/α-hetero) is 1. The summed E-state index contributed by atoms with van der Waals surface area (Å²) in [6, 6.07) is 8.94. The second-order valence-corrected chi connectivity index (χ2v) is 6.51. The molecule has 4 heteroatoms. The van der Waals surface area contributed by atoms with Crippen molar-refractivity contribution in [3.63, 3.8) is 0 Å². The largest absolute Gasteiger partial charge is 0.466 e. The Balaban J connectivity index is 1.63. The van der Waals surface area contributed by atoms with Crippen molar-refractivity contribution >= 4 is 29.0 Å².